The molecule has 0 radical (unpaired) electrons. The summed E-state index contributed by atoms with van der Waals surface area (Å²) in [6, 6.07) is 7.04. The minimum absolute atomic E-state index is 0.0957. The second kappa shape index (κ2) is 7.71. The van der Waals surface area contributed by atoms with Crippen molar-refractivity contribution in [2.45, 2.75) is 26.7 Å². The van der Waals surface area contributed by atoms with Crippen LogP contribution >= 0.6 is 0 Å². The highest BCUT2D eigenvalue weighted by Gasteiger charge is 2.05. The Morgan fingerprint density at radius 3 is 2.67 bits per heavy atom. The van der Waals surface area contributed by atoms with Crippen LogP contribution in [-0.2, 0) is 9.53 Å². The highest BCUT2D eigenvalue weighted by Crippen LogP contribution is 2.10. The summed E-state index contributed by atoms with van der Waals surface area (Å²) in [6.07, 6.45) is 2.27. The highest BCUT2D eigenvalue weighted by molar-refractivity contribution is 5.91. The normalized spacial score (nSPS) is 12.1. The molecule has 4 heteroatoms. The first-order valence-electron chi connectivity index (χ1n) is 6.35. The van der Waals surface area contributed by atoms with Gasteiger partial charge in [0.1, 0.15) is 6.61 Å². The van der Waals surface area contributed by atoms with E-state index in [4.69, 9.17) is 10.5 Å². The summed E-state index contributed by atoms with van der Waals surface area (Å²) >= 11 is 0. The molecule has 1 amide bonds. The Hall–Kier alpha value is -1.55. The molecule has 4 nitrogen and oxygen atoms in total. The molecule has 18 heavy (non-hydrogen) atoms. The standard InChI is InChI=1S/C14H22N2O2/c1-3-4-11(2)9-18-10-14(17)16-13-7-5-12(15)6-8-13/h5-8,11H,3-4,9-10,15H2,1-2H3,(H,16,17). The molecule has 1 atom stereocenters. The molecule has 100 valence electrons. The molecular weight excluding hydrogens is 228 g/mol. The van der Waals surface area contributed by atoms with Crippen LogP contribution in [0.4, 0.5) is 11.4 Å². The zero-order chi connectivity index (χ0) is 13.4. The van der Waals surface area contributed by atoms with Crippen molar-refractivity contribution >= 4 is 17.3 Å². The van der Waals surface area contributed by atoms with Crippen molar-refractivity contribution in [3.63, 3.8) is 0 Å². The van der Waals surface area contributed by atoms with Gasteiger partial charge >= 0.3 is 0 Å². The van der Waals surface area contributed by atoms with Gasteiger partial charge < -0.3 is 15.8 Å². The Morgan fingerprint density at radius 1 is 1.39 bits per heavy atom. The number of carbonyl (C=O) groups is 1. The lowest BCUT2D eigenvalue weighted by Gasteiger charge is -2.10. The van der Waals surface area contributed by atoms with Gasteiger partial charge in [-0.25, -0.2) is 0 Å². The number of benzene rings is 1. The Balaban J connectivity index is 2.23. The molecule has 0 spiro atoms. The monoisotopic (exact) mass is 250 g/mol. The van der Waals surface area contributed by atoms with E-state index >= 15 is 0 Å². The zero-order valence-corrected chi connectivity index (χ0v) is 11.1. The number of ether oxygens (including phenoxy) is 1. The minimum atomic E-state index is -0.136. The maximum absolute atomic E-state index is 11.6. The predicted molar refractivity (Wildman–Crippen MR) is 74.4 cm³/mol. The van der Waals surface area contributed by atoms with Crippen LogP contribution in [0, 0.1) is 5.92 Å². The lowest BCUT2D eigenvalue weighted by atomic mass is 10.1. The summed E-state index contributed by atoms with van der Waals surface area (Å²) < 4.78 is 5.37. The van der Waals surface area contributed by atoms with Crippen molar-refractivity contribution < 1.29 is 9.53 Å². The van der Waals surface area contributed by atoms with Gasteiger partial charge in [-0.1, -0.05) is 20.3 Å². The molecule has 1 aromatic carbocycles. The van der Waals surface area contributed by atoms with E-state index in [9.17, 15) is 4.79 Å². The Morgan fingerprint density at radius 2 is 2.06 bits per heavy atom. The van der Waals surface area contributed by atoms with Gasteiger partial charge in [-0.05, 0) is 36.6 Å². The van der Waals surface area contributed by atoms with Gasteiger partial charge in [-0.2, -0.15) is 0 Å². The number of carbonyl (C=O) groups excluding carboxylic acids is 1. The van der Waals surface area contributed by atoms with Gasteiger partial charge in [0.05, 0.1) is 0 Å². The van der Waals surface area contributed by atoms with Gasteiger partial charge in [-0.15, -0.1) is 0 Å². The Bertz CT molecular complexity index is 363. The smallest absolute Gasteiger partial charge is 0.250 e. The molecule has 1 rings (SSSR count). The molecule has 0 aliphatic rings. The third kappa shape index (κ3) is 5.68. The average molecular weight is 250 g/mol. The summed E-state index contributed by atoms with van der Waals surface area (Å²) in [4.78, 5) is 11.6. The number of nitrogens with two attached hydrogens (primary N) is 1. The molecule has 0 aliphatic carbocycles. The lowest BCUT2D eigenvalue weighted by Crippen LogP contribution is -2.20. The summed E-state index contributed by atoms with van der Waals surface area (Å²) in [6.45, 7) is 4.99. The molecule has 0 saturated carbocycles. The summed E-state index contributed by atoms with van der Waals surface area (Å²) in [5, 5.41) is 2.76. The van der Waals surface area contributed by atoms with Crippen molar-refractivity contribution in [2.24, 2.45) is 5.92 Å². The number of amides is 1. The quantitative estimate of drug-likeness (QED) is 0.731. The number of anilines is 2. The van der Waals surface area contributed by atoms with Gasteiger partial charge in [-0.3, -0.25) is 4.79 Å². The van der Waals surface area contributed by atoms with Gasteiger partial charge in [0, 0.05) is 18.0 Å². The van der Waals surface area contributed by atoms with Crippen LogP contribution in [-0.4, -0.2) is 19.1 Å². The van der Waals surface area contributed by atoms with E-state index in [1.54, 1.807) is 24.3 Å². The van der Waals surface area contributed by atoms with E-state index in [1.807, 2.05) is 0 Å². The zero-order valence-electron chi connectivity index (χ0n) is 11.1. The third-order valence-electron chi connectivity index (χ3n) is 2.61. The minimum Gasteiger partial charge on any atom is -0.399 e. The Labute approximate surface area is 109 Å². The molecule has 0 bridgehead atoms. The fraction of sp³-hybridized carbons (Fsp3) is 0.500. The summed E-state index contributed by atoms with van der Waals surface area (Å²) in [5.41, 5.74) is 6.98. The van der Waals surface area contributed by atoms with Crippen LogP contribution in [0.2, 0.25) is 0 Å². The van der Waals surface area contributed by atoms with Crippen molar-refractivity contribution in [2.75, 3.05) is 24.3 Å². The fourth-order valence-corrected chi connectivity index (χ4v) is 1.69. The molecule has 3 N–H and O–H groups in total. The lowest BCUT2D eigenvalue weighted by molar-refractivity contribution is -0.121. The van der Waals surface area contributed by atoms with E-state index in [-0.39, 0.29) is 12.5 Å². The predicted octanol–water partition coefficient (Wildman–Crippen LogP) is 2.66. The third-order valence-corrected chi connectivity index (χ3v) is 2.61. The molecular formula is C14H22N2O2. The van der Waals surface area contributed by atoms with E-state index in [0.717, 1.165) is 18.5 Å². The van der Waals surface area contributed by atoms with E-state index in [0.29, 0.717) is 18.2 Å². The average Bonchev–Trinajstić information content (AvgIpc) is 2.32. The Kier molecular flexibility index (Phi) is 6.22. The van der Waals surface area contributed by atoms with Crippen LogP contribution < -0.4 is 11.1 Å². The summed E-state index contributed by atoms with van der Waals surface area (Å²) in [5.74, 6) is 0.364. The maximum atomic E-state index is 11.6. The SMILES string of the molecule is CCCC(C)COCC(=O)Nc1ccc(N)cc1. The molecule has 0 aliphatic heterocycles. The highest BCUT2D eigenvalue weighted by atomic mass is 16.5. The number of rotatable bonds is 7. The topological polar surface area (TPSA) is 64.3 Å². The van der Waals surface area contributed by atoms with Crippen LogP contribution in [0.1, 0.15) is 26.7 Å². The maximum Gasteiger partial charge on any atom is 0.250 e. The van der Waals surface area contributed by atoms with E-state index < -0.39 is 0 Å². The molecule has 0 aromatic heterocycles. The van der Waals surface area contributed by atoms with E-state index in [2.05, 4.69) is 19.2 Å². The van der Waals surface area contributed by atoms with Crippen LogP contribution in [0.25, 0.3) is 0 Å². The number of nitrogen functional groups attached to an aromatic ring is 1. The molecule has 1 unspecified atom stereocenters. The number of nitrogens with one attached hydrogen (secondary N) is 1. The molecule has 1 aromatic rings. The first-order chi connectivity index (χ1) is 8.61. The van der Waals surface area contributed by atoms with Crippen molar-refractivity contribution in [1.82, 2.24) is 0 Å². The number of hydrogen-bond donors (Lipinski definition) is 2. The second-order valence-corrected chi connectivity index (χ2v) is 4.58. The first-order valence-corrected chi connectivity index (χ1v) is 6.35. The second-order valence-electron chi connectivity index (χ2n) is 4.58. The number of hydrogen-bond acceptors (Lipinski definition) is 3. The summed E-state index contributed by atoms with van der Waals surface area (Å²) in [7, 11) is 0. The van der Waals surface area contributed by atoms with Crippen LogP contribution in [0.5, 0.6) is 0 Å². The molecule has 0 saturated heterocycles. The van der Waals surface area contributed by atoms with Crippen molar-refractivity contribution in [1.29, 1.82) is 0 Å². The van der Waals surface area contributed by atoms with Gasteiger partial charge in [0.2, 0.25) is 5.91 Å². The van der Waals surface area contributed by atoms with Crippen LogP contribution in [0.15, 0.2) is 24.3 Å². The van der Waals surface area contributed by atoms with Gasteiger partial charge in [0.25, 0.3) is 0 Å². The van der Waals surface area contributed by atoms with Crippen molar-refractivity contribution in [3.8, 4) is 0 Å². The largest absolute Gasteiger partial charge is 0.399 e. The fourth-order valence-electron chi connectivity index (χ4n) is 1.69. The molecule has 0 heterocycles. The van der Waals surface area contributed by atoms with Crippen LogP contribution in [0.3, 0.4) is 0 Å². The van der Waals surface area contributed by atoms with E-state index in [1.165, 1.54) is 0 Å². The first kappa shape index (κ1) is 14.5. The van der Waals surface area contributed by atoms with Gasteiger partial charge in [0.15, 0.2) is 0 Å². The van der Waals surface area contributed by atoms with Crippen molar-refractivity contribution in [3.05, 3.63) is 24.3 Å². The molecule has 0 fully saturated rings.